The highest BCUT2D eigenvalue weighted by Gasteiger charge is 2.14. The van der Waals surface area contributed by atoms with Crippen molar-refractivity contribution < 1.29 is 4.52 Å². The van der Waals surface area contributed by atoms with E-state index in [-0.39, 0.29) is 5.92 Å². The summed E-state index contributed by atoms with van der Waals surface area (Å²) in [6, 6.07) is 3.95. The molecular weight excluding hydrogens is 210 g/mol. The minimum Gasteiger partial charge on any atom is -0.339 e. The molecule has 2 N–H and O–H groups in total. The molecule has 80 valence electrons. The van der Waals surface area contributed by atoms with Crippen LogP contribution in [-0.4, -0.2) is 16.7 Å². The van der Waals surface area contributed by atoms with Crippen molar-refractivity contribution >= 4 is 11.3 Å². The van der Waals surface area contributed by atoms with E-state index in [4.69, 9.17) is 10.3 Å². The summed E-state index contributed by atoms with van der Waals surface area (Å²) in [5.41, 5.74) is 5.48. The van der Waals surface area contributed by atoms with Crippen LogP contribution in [0.15, 0.2) is 22.0 Å². The number of nitrogens with two attached hydrogens (primary N) is 1. The molecule has 2 aromatic rings. The fraction of sp³-hybridized carbons (Fsp3) is 0.400. The van der Waals surface area contributed by atoms with Crippen molar-refractivity contribution in [2.45, 2.75) is 19.3 Å². The van der Waals surface area contributed by atoms with Crippen molar-refractivity contribution in [1.82, 2.24) is 10.1 Å². The predicted molar refractivity (Wildman–Crippen MR) is 59.7 cm³/mol. The van der Waals surface area contributed by atoms with Gasteiger partial charge < -0.3 is 10.3 Å². The molecule has 1 atom stereocenters. The molecule has 0 amide bonds. The van der Waals surface area contributed by atoms with Gasteiger partial charge in [0.25, 0.3) is 0 Å². The van der Waals surface area contributed by atoms with E-state index < -0.39 is 0 Å². The van der Waals surface area contributed by atoms with E-state index in [1.807, 2.05) is 24.4 Å². The van der Waals surface area contributed by atoms with Gasteiger partial charge in [-0.05, 0) is 24.4 Å². The number of rotatable bonds is 4. The first-order chi connectivity index (χ1) is 7.31. The lowest BCUT2D eigenvalue weighted by atomic mass is 10.1. The van der Waals surface area contributed by atoms with Crippen molar-refractivity contribution in [3.05, 3.63) is 23.4 Å². The molecule has 0 aliphatic rings. The fourth-order valence-corrected chi connectivity index (χ4v) is 1.96. The van der Waals surface area contributed by atoms with Crippen molar-refractivity contribution in [2.24, 2.45) is 5.73 Å². The quantitative estimate of drug-likeness (QED) is 0.863. The minimum atomic E-state index is 0.233. The molecule has 0 bridgehead atoms. The summed E-state index contributed by atoms with van der Waals surface area (Å²) in [5, 5.41) is 5.94. The molecule has 2 aromatic heterocycles. The van der Waals surface area contributed by atoms with Crippen LogP contribution in [0.4, 0.5) is 0 Å². The Labute approximate surface area is 92.1 Å². The summed E-state index contributed by atoms with van der Waals surface area (Å²) >= 11 is 1.60. The molecule has 4 nitrogen and oxygen atoms in total. The Morgan fingerprint density at radius 1 is 1.60 bits per heavy atom. The van der Waals surface area contributed by atoms with Gasteiger partial charge in [-0.2, -0.15) is 4.98 Å². The van der Waals surface area contributed by atoms with E-state index in [0.717, 1.165) is 11.3 Å². The Bertz CT molecular complexity index is 410. The number of hydrogen-bond acceptors (Lipinski definition) is 5. The van der Waals surface area contributed by atoms with Gasteiger partial charge in [-0.1, -0.05) is 18.1 Å². The van der Waals surface area contributed by atoms with Gasteiger partial charge in [0.1, 0.15) is 0 Å². The van der Waals surface area contributed by atoms with Crippen molar-refractivity contribution in [1.29, 1.82) is 0 Å². The summed E-state index contributed by atoms with van der Waals surface area (Å²) in [7, 11) is 0. The van der Waals surface area contributed by atoms with Crippen LogP contribution in [-0.2, 0) is 0 Å². The lowest BCUT2D eigenvalue weighted by Crippen LogP contribution is -2.04. The first kappa shape index (κ1) is 10.3. The molecular formula is C10H13N3OS. The Morgan fingerprint density at radius 2 is 2.47 bits per heavy atom. The fourth-order valence-electron chi connectivity index (χ4n) is 1.31. The van der Waals surface area contributed by atoms with Crippen molar-refractivity contribution in [3.8, 4) is 10.7 Å². The Hall–Kier alpha value is -1.20. The summed E-state index contributed by atoms with van der Waals surface area (Å²) < 4.78 is 5.19. The van der Waals surface area contributed by atoms with E-state index in [1.165, 1.54) is 0 Å². The topological polar surface area (TPSA) is 64.9 Å². The molecule has 15 heavy (non-hydrogen) atoms. The number of hydrogen-bond donors (Lipinski definition) is 1. The average Bonchev–Trinajstić information content (AvgIpc) is 2.89. The minimum absolute atomic E-state index is 0.233. The maximum atomic E-state index is 5.48. The molecule has 5 heteroatoms. The third-order valence-corrected chi connectivity index (χ3v) is 3.07. The summed E-state index contributed by atoms with van der Waals surface area (Å²) in [6.07, 6.45) is 0.867. The second-order valence-electron chi connectivity index (χ2n) is 3.41. The lowest BCUT2D eigenvalue weighted by Gasteiger charge is -2.01. The van der Waals surface area contributed by atoms with Gasteiger partial charge in [-0.25, -0.2) is 0 Å². The van der Waals surface area contributed by atoms with Crippen LogP contribution in [0.25, 0.3) is 10.7 Å². The van der Waals surface area contributed by atoms with E-state index in [2.05, 4.69) is 10.1 Å². The van der Waals surface area contributed by atoms with Crippen LogP contribution in [0.1, 0.15) is 25.2 Å². The Balaban J connectivity index is 2.17. The van der Waals surface area contributed by atoms with Gasteiger partial charge in [0.05, 0.1) is 4.88 Å². The first-order valence-corrected chi connectivity index (χ1v) is 5.76. The van der Waals surface area contributed by atoms with Gasteiger partial charge in [-0.3, -0.25) is 0 Å². The van der Waals surface area contributed by atoms with Crippen LogP contribution in [0.5, 0.6) is 0 Å². The third-order valence-electron chi connectivity index (χ3n) is 2.20. The van der Waals surface area contributed by atoms with E-state index in [9.17, 15) is 0 Å². The summed E-state index contributed by atoms with van der Waals surface area (Å²) in [4.78, 5) is 5.38. The van der Waals surface area contributed by atoms with Crippen molar-refractivity contribution in [2.75, 3.05) is 6.54 Å². The van der Waals surface area contributed by atoms with E-state index >= 15 is 0 Å². The van der Waals surface area contributed by atoms with Gasteiger partial charge >= 0.3 is 0 Å². The highest BCUT2D eigenvalue weighted by Crippen LogP contribution is 2.24. The van der Waals surface area contributed by atoms with Crippen molar-refractivity contribution in [3.63, 3.8) is 0 Å². The average molecular weight is 223 g/mol. The monoisotopic (exact) mass is 223 g/mol. The number of thiophene rings is 1. The van der Waals surface area contributed by atoms with Gasteiger partial charge in [0.2, 0.25) is 11.7 Å². The van der Waals surface area contributed by atoms with Crippen LogP contribution >= 0.6 is 11.3 Å². The van der Waals surface area contributed by atoms with E-state index in [0.29, 0.717) is 18.3 Å². The highest BCUT2D eigenvalue weighted by molar-refractivity contribution is 7.13. The van der Waals surface area contributed by atoms with Gasteiger partial charge in [0, 0.05) is 5.92 Å². The van der Waals surface area contributed by atoms with Crippen LogP contribution < -0.4 is 5.73 Å². The zero-order valence-corrected chi connectivity index (χ0v) is 9.33. The first-order valence-electron chi connectivity index (χ1n) is 4.89. The predicted octanol–water partition coefficient (Wildman–Crippen LogP) is 2.25. The molecule has 0 aliphatic carbocycles. The van der Waals surface area contributed by atoms with Crippen LogP contribution in [0.3, 0.4) is 0 Å². The van der Waals surface area contributed by atoms with Gasteiger partial charge in [-0.15, -0.1) is 11.3 Å². The molecule has 1 unspecified atom stereocenters. The molecule has 2 rings (SSSR count). The molecule has 0 saturated heterocycles. The van der Waals surface area contributed by atoms with Gasteiger partial charge in [0.15, 0.2) is 0 Å². The second kappa shape index (κ2) is 4.55. The maximum absolute atomic E-state index is 5.48. The summed E-state index contributed by atoms with van der Waals surface area (Å²) in [6.45, 7) is 2.68. The smallest absolute Gasteiger partial charge is 0.229 e. The zero-order valence-electron chi connectivity index (χ0n) is 8.51. The molecule has 0 aromatic carbocycles. The SMILES string of the molecule is CC(CCN)c1nc(-c2cccs2)no1. The largest absolute Gasteiger partial charge is 0.339 e. The molecule has 0 fully saturated rings. The normalized spacial score (nSPS) is 12.9. The standard InChI is InChI=1S/C10H13N3OS/c1-7(4-5-11)10-12-9(13-14-10)8-3-2-6-15-8/h2-3,6-7H,4-5,11H2,1H3. The second-order valence-corrected chi connectivity index (χ2v) is 4.36. The number of nitrogens with zero attached hydrogens (tertiary/aromatic N) is 2. The Morgan fingerprint density at radius 3 is 3.13 bits per heavy atom. The molecule has 2 heterocycles. The van der Waals surface area contributed by atoms with E-state index in [1.54, 1.807) is 11.3 Å². The lowest BCUT2D eigenvalue weighted by molar-refractivity contribution is 0.355. The van der Waals surface area contributed by atoms with Crippen LogP contribution in [0.2, 0.25) is 0 Å². The molecule has 0 saturated carbocycles. The summed E-state index contributed by atoms with van der Waals surface area (Å²) in [5.74, 6) is 1.57. The van der Waals surface area contributed by atoms with Crippen LogP contribution in [0, 0.1) is 0 Å². The Kier molecular flexibility index (Phi) is 3.13. The molecule has 0 aliphatic heterocycles. The molecule has 0 radical (unpaired) electrons. The molecule has 0 spiro atoms. The third kappa shape index (κ3) is 2.24. The number of aromatic nitrogens is 2. The highest BCUT2D eigenvalue weighted by atomic mass is 32.1. The zero-order chi connectivity index (χ0) is 10.7. The maximum Gasteiger partial charge on any atom is 0.229 e.